The Bertz CT molecular complexity index is 921. The maximum atomic E-state index is 12.7. The Morgan fingerprint density at radius 1 is 1.26 bits per heavy atom. The van der Waals surface area contributed by atoms with Crippen LogP contribution in [0.2, 0.25) is 0 Å². The van der Waals surface area contributed by atoms with Crippen LogP contribution in [0.3, 0.4) is 0 Å². The molecular weight excluding hydrogens is 359 g/mol. The van der Waals surface area contributed by atoms with Crippen molar-refractivity contribution >= 4 is 11.6 Å². The lowest BCUT2D eigenvalue weighted by molar-refractivity contribution is -0.141. The first-order valence-electron chi connectivity index (χ1n) is 8.67. The number of pyridine rings is 1. The molecule has 27 heavy (non-hydrogen) atoms. The van der Waals surface area contributed by atoms with Gasteiger partial charge in [-0.1, -0.05) is 24.6 Å². The second-order valence-electron chi connectivity index (χ2n) is 6.71. The summed E-state index contributed by atoms with van der Waals surface area (Å²) in [5.41, 5.74) is 0.244. The minimum absolute atomic E-state index is 0.149. The van der Waals surface area contributed by atoms with Crippen LogP contribution in [-0.4, -0.2) is 16.9 Å². The fourth-order valence-corrected chi connectivity index (χ4v) is 3.25. The number of aryl methyl sites for hydroxylation is 1. The molecule has 0 radical (unpaired) electrons. The number of aromatic nitrogens is 1. The molecule has 0 saturated carbocycles. The zero-order chi connectivity index (χ0) is 19.8. The summed E-state index contributed by atoms with van der Waals surface area (Å²) >= 11 is 0. The molecule has 0 aliphatic carbocycles. The van der Waals surface area contributed by atoms with Gasteiger partial charge in [0.25, 0.3) is 11.5 Å². The third-order valence-corrected chi connectivity index (χ3v) is 4.72. The number of rotatable bonds is 3. The molecule has 3 N–H and O–H groups in total. The standard InChI is InChI=1S/C19H20F3N3O2/c1-3-11-9-15(13-8-10(2)4-6-14(13)23-11)24-17(26)12-5-7-16(19(20,21)22)25-18(12)27/h4-8,11,15,23H,3,9H2,1-2H3,(H,24,26)(H,25,27)/t11-,15-/m1/s1. The molecule has 0 saturated heterocycles. The normalized spacial score (nSPS) is 19.1. The van der Waals surface area contributed by atoms with Crippen molar-refractivity contribution in [2.24, 2.45) is 0 Å². The van der Waals surface area contributed by atoms with Crippen molar-refractivity contribution in [3.05, 3.63) is 63.1 Å². The monoisotopic (exact) mass is 379 g/mol. The minimum Gasteiger partial charge on any atom is -0.382 e. The molecule has 1 amide bonds. The minimum atomic E-state index is -4.67. The molecule has 8 heteroatoms. The lowest BCUT2D eigenvalue weighted by Crippen LogP contribution is -2.39. The number of anilines is 1. The first kappa shape index (κ1) is 19.0. The quantitative estimate of drug-likeness (QED) is 0.760. The molecule has 1 aromatic heterocycles. The van der Waals surface area contributed by atoms with E-state index in [4.69, 9.17) is 0 Å². The van der Waals surface area contributed by atoms with Crippen LogP contribution in [0, 0.1) is 6.92 Å². The summed E-state index contributed by atoms with van der Waals surface area (Å²) in [5.74, 6) is -0.695. The van der Waals surface area contributed by atoms with Gasteiger partial charge in [-0.3, -0.25) is 9.59 Å². The number of fused-ring (bicyclic) bond motifs is 1. The highest BCUT2D eigenvalue weighted by Crippen LogP contribution is 2.34. The molecule has 5 nitrogen and oxygen atoms in total. The molecular formula is C19H20F3N3O2. The summed E-state index contributed by atoms with van der Waals surface area (Å²) in [4.78, 5) is 26.2. The summed E-state index contributed by atoms with van der Waals surface area (Å²) < 4.78 is 38.0. The van der Waals surface area contributed by atoms with Crippen LogP contribution >= 0.6 is 0 Å². The lowest BCUT2D eigenvalue weighted by Gasteiger charge is -2.33. The van der Waals surface area contributed by atoms with Crippen molar-refractivity contribution in [3.63, 3.8) is 0 Å². The number of carbonyl (C=O) groups is 1. The second kappa shape index (κ2) is 7.09. The Kier molecular flexibility index (Phi) is 4.99. The topological polar surface area (TPSA) is 74.0 Å². The maximum Gasteiger partial charge on any atom is 0.431 e. The van der Waals surface area contributed by atoms with E-state index in [9.17, 15) is 22.8 Å². The van der Waals surface area contributed by atoms with Gasteiger partial charge >= 0.3 is 6.18 Å². The van der Waals surface area contributed by atoms with Crippen molar-refractivity contribution in [1.29, 1.82) is 0 Å². The third kappa shape index (κ3) is 3.99. The molecule has 2 atom stereocenters. The predicted octanol–water partition coefficient (Wildman–Crippen LogP) is 3.77. The number of halogens is 3. The van der Waals surface area contributed by atoms with Crippen molar-refractivity contribution in [2.75, 3.05) is 5.32 Å². The first-order chi connectivity index (χ1) is 12.7. The van der Waals surface area contributed by atoms with Gasteiger partial charge < -0.3 is 15.6 Å². The van der Waals surface area contributed by atoms with Crippen molar-refractivity contribution in [1.82, 2.24) is 10.3 Å². The molecule has 144 valence electrons. The molecule has 2 heterocycles. The highest BCUT2D eigenvalue weighted by molar-refractivity contribution is 5.94. The number of carbonyl (C=O) groups excluding carboxylic acids is 1. The molecule has 1 aliphatic rings. The molecule has 0 unspecified atom stereocenters. The average molecular weight is 379 g/mol. The highest BCUT2D eigenvalue weighted by Gasteiger charge is 2.33. The number of hydrogen-bond donors (Lipinski definition) is 3. The maximum absolute atomic E-state index is 12.7. The largest absolute Gasteiger partial charge is 0.431 e. The fourth-order valence-electron chi connectivity index (χ4n) is 3.25. The number of aromatic amines is 1. The predicted molar refractivity (Wildman–Crippen MR) is 95.8 cm³/mol. The van der Waals surface area contributed by atoms with Gasteiger partial charge in [0.2, 0.25) is 0 Å². The number of amides is 1. The van der Waals surface area contributed by atoms with E-state index in [-0.39, 0.29) is 17.6 Å². The van der Waals surface area contributed by atoms with Crippen LogP contribution < -0.4 is 16.2 Å². The van der Waals surface area contributed by atoms with E-state index in [0.29, 0.717) is 12.5 Å². The molecule has 0 fully saturated rings. The summed E-state index contributed by atoms with van der Waals surface area (Å²) in [7, 11) is 0. The molecule has 3 rings (SSSR count). The highest BCUT2D eigenvalue weighted by atomic mass is 19.4. The average Bonchev–Trinajstić information content (AvgIpc) is 2.60. The van der Waals surface area contributed by atoms with Crippen LogP contribution in [0.25, 0.3) is 0 Å². The number of benzene rings is 1. The van der Waals surface area contributed by atoms with Crippen LogP contribution in [-0.2, 0) is 6.18 Å². The van der Waals surface area contributed by atoms with E-state index in [1.165, 1.54) is 0 Å². The summed E-state index contributed by atoms with van der Waals surface area (Å²) in [5, 5.41) is 6.21. The van der Waals surface area contributed by atoms with E-state index in [0.717, 1.165) is 29.3 Å². The Hall–Kier alpha value is -2.77. The van der Waals surface area contributed by atoms with Gasteiger partial charge in [0.05, 0.1) is 6.04 Å². The van der Waals surface area contributed by atoms with Gasteiger partial charge in [-0.05, 0) is 43.5 Å². The Morgan fingerprint density at radius 2 is 2.00 bits per heavy atom. The van der Waals surface area contributed by atoms with E-state index in [1.54, 1.807) is 4.98 Å². The Labute approximate surface area is 154 Å². The van der Waals surface area contributed by atoms with Gasteiger partial charge in [0.1, 0.15) is 11.3 Å². The van der Waals surface area contributed by atoms with E-state index in [2.05, 4.69) is 10.6 Å². The second-order valence-corrected chi connectivity index (χ2v) is 6.71. The fraction of sp³-hybridized carbons (Fsp3) is 0.368. The Morgan fingerprint density at radius 3 is 2.63 bits per heavy atom. The lowest BCUT2D eigenvalue weighted by atomic mass is 9.90. The van der Waals surface area contributed by atoms with E-state index < -0.39 is 23.3 Å². The Balaban J connectivity index is 1.88. The van der Waals surface area contributed by atoms with Crippen LogP contribution in [0.4, 0.5) is 18.9 Å². The van der Waals surface area contributed by atoms with Crippen molar-refractivity contribution in [3.8, 4) is 0 Å². The van der Waals surface area contributed by atoms with Crippen LogP contribution in [0.5, 0.6) is 0 Å². The molecule has 1 aliphatic heterocycles. The van der Waals surface area contributed by atoms with Crippen molar-refractivity contribution in [2.45, 2.75) is 44.9 Å². The van der Waals surface area contributed by atoms with Gasteiger partial charge in [-0.2, -0.15) is 13.2 Å². The first-order valence-corrected chi connectivity index (χ1v) is 8.67. The van der Waals surface area contributed by atoms with Gasteiger partial charge in [0.15, 0.2) is 0 Å². The molecule has 2 aromatic rings. The van der Waals surface area contributed by atoms with Crippen LogP contribution in [0.1, 0.15) is 53.0 Å². The number of hydrogen-bond acceptors (Lipinski definition) is 3. The summed E-state index contributed by atoms with van der Waals surface area (Å²) in [6.45, 7) is 3.96. The smallest absolute Gasteiger partial charge is 0.382 e. The summed E-state index contributed by atoms with van der Waals surface area (Å²) in [6.07, 6.45) is -3.20. The zero-order valence-electron chi connectivity index (χ0n) is 14.9. The number of alkyl halides is 3. The molecule has 1 aromatic carbocycles. The summed E-state index contributed by atoms with van der Waals surface area (Å²) in [6, 6.07) is 7.28. The van der Waals surface area contributed by atoms with Gasteiger partial charge in [0, 0.05) is 11.7 Å². The van der Waals surface area contributed by atoms with Gasteiger partial charge in [-0.25, -0.2) is 0 Å². The number of H-pyrrole nitrogens is 1. The molecule has 0 bridgehead atoms. The van der Waals surface area contributed by atoms with E-state index in [1.807, 2.05) is 32.0 Å². The number of nitrogens with one attached hydrogen (secondary N) is 3. The third-order valence-electron chi connectivity index (χ3n) is 4.72. The SMILES string of the molecule is CC[C@@H]1C[C@@H](NC(=O)c2ccc(C(F)(F)F)[nH]c2=O)c2cc(C)ccc2N1. The van der Waals surface area contributed by atoms with E-state index >= 15 is 0 Å². The van der Waals surface area contributed by atoms with Crippen molar-refractivity contribution < 1.29 is 18.0 Å². The zero-order valence-corrected chi connectivity index (χ0v) is 14.9. The molecule has 0 spiro atoms. The van der Waals surface area contributed by atoms with Gasteiger partial charge in [-0.15, -0.1) is 0 Å². The van der Waals surface area contributed by atoms with Crippen LogP contribution in [0.15, 0.2) is 35.1 Å².